The lowest BCUT2D eigenvalue weighted by Crippen LogP contribution is -1.77. The Hall–Kier alpha value is -2.12. The molecular weight excluding hydrogens is 176 g/mol. The van der Waals surface area contributed by atoms with Gasteiger partial charge in [-0.2, -0.15) is 0 Å². The SMILES string of the molecule is C1=CN=Cc2oc3cnccc3c2C=1. The number of aromatic nitrogens is 1. The van der Waals surface area contributed by atoms with Gasteiger partial charge in [-0.05, 0) is 12.1 Å². The predicted octanol–water partition coefficient (Wildman–Crippen LogP) is 2.39. The molecule has 1 aliphatic rings. The molecule has 66 valence electrons. The molecule has 3 heteroatoms. The van der Waals surface area contributed by atoms with Gasteiger partial charge in [-0.3, -0.25) is 9.98 Å². The van der Waals surface area contributed by atoms with Crippen molar-refractivity contribution in [2.75, 3.05) is 0 Å². The smallest absolute Gasteiger partial charge is 0.154 e. The Kier molecular flexibility index (Phi) is 1.40. The van der Waals surface area contributed by atoms with Crippen molar-refractivity contribution in [1.29, 1.82) is 0 Å². The maximum absolute atomic E-state index is 5.57. The normalized spacial score (nSPS) is 13.1. The Morgan fingerprint density at radius 3 is 3.36 bits per heavy atom. The number of aliphatic imine (C=N–C) groups is 1. The van der Waals surface area contributed by atoms with Gasteiger partial charge in [0.1, 0.15) is 0 Å². The predicted molar refractivity (Wildman–Crippen MR) is 54.2 cm³/mol. The molecule has 2 aromatic heterocycles. The molecule has 1 aliphatic heterocycles. The number of furan rings is 1. The molecule has 0 N–H and O–H groups in total. The van der Waals surface area contributed by atoms with E-state index >= 15 is 0 Å². The standard InChI is InChI=1S/C11H6N2O/c1-2-8-9-3-5-13-7-11(9)14-10(8)6-12-4-1/h2-7H. The van der Waals surface area contributed by atoms with E-state index in [1.54, 1.807) is 24.8 Å². The first-order chi connectivity index (χ1) is 6.95. The molecular formula is C11H6N2O. The first-order valence-electron chi connectivity index (χ1n) is 4.26. The Balaban J connectivity index is 2.47. The van der Waals surface area contributed by atoms with Gasteiger partial charge < -0.3 is 4.42 Å². The molecule has 0 saturated heterocycles. The van der Waals surface area contributed by atoms with Crippen LogP contribution in [-0.4, -0.2) is 11.2 Å². The second kappa shape index (κ2) is 2.69. The lowest BCUT2D eigenvalue weighted by atomic mass is 10.1. The molecule has 0 unspecified atom stereocenters. The zero-order valence-corrected chi connectivity index (χ0v) is 7.27. The first-order valence-corrected chi connectivity index (χ1v) is 4.26. The van der Waals surface area contributed by atoms with Crippen molar-refractivity contribution >= 4 is 23.3 Å². The van der Waals surface area contributed by atoms with Crippen molar-refractivity contribution in [3.05, 3.63) is 41.7 Å². The van der Waals surface area contributed by atoms with E-state index in [1.165, 1.54) is 0 Å². The molecule has 0 aliphatic carbocycles. The van der Waals surface area contributed by atoms with E-state index in [0.717, 1.165) is 22.3 Å². The molecule has 0 amide bonds. The summed E-state index contributed by atoms with van der Waals surface area (Å²) in [5, 5.41) is 1.05. The van der Waals surface area contributed by atoms with E-state index in [2.05, 4.69) is 15.7 Å². The van der Waals surface area contributed by atoms with Crippen molar-refractivity contribution in [3.63, 3.8) is 0 Å². The van der Waals surface area contributed by atoms with Gasteiger partial charge in [0.15, 0.2) is 11.3 Å². The van der Waals surface area contributed by atoms with Crippen LogP contribution in [0.4, 0.5) is 0 Å². The fourth-order valence-corrected chi connectivity index (χ4v) is 1.50. The molecule has 0 saturated carbocycles. The molecule has 3 heterocycles. The summed E-state index contributed by atoms with van der Waals surface area (Å²) in [7, 11) is 0. The van der Waals surface area contributed by atoms with Crippen LogP contribution in [0.1, 0.15) is 11.3 Å². The third-order valence-electron chi connectivity index (χ3n) is 2.13. The van der Waals surface area contributed by atoms with E-state index in [-0.39, 0.29) is 0 Å². The molecule has 14 heavy (non-hydrogen) atoms. The number of nitrogens with zero attached hydrogens (tertiary/aromatic N) is 2. The maximum Gasteiger partial charge on any atom is 0.154 e. The minimum absolute atomic E-state index is 0.759. The van der Waals surface area contributed by atoms with E-state index in [4.69, 9.17) is 4.42 Å². The zero-order chi connectivity index (χ0) is 9.38. The van der Waals surface area contributed by atoms with Crippen LogP contribution >= 0.6 is 0 Å². The molecule has 3 nitrogen and oxygen atoms in total. The number of hydrogen-bond donors (Lipinski definition) is 0. The van der Waals surface area contributed by atoms with Gasteiger partial charge in [0.05, 0.1) is 18.6 Å². The monoisotopic (exact) mass is 182 g/mol. The second-order valence-electron chi connectivity index (χ2n) is 2.97. The molecule has 0 bridgehead atoms. The minimum Gasteiger partial charge on any atom is -0.453 e. The molecule has 0 fully saturated rings. The third-order valence-corrected chi connectivity index (χ3v) is 2.13. The van der Waals surface area contributed by atoms with Crippen molar-refractivity contribution in [2.45, 2.75) is 0 Å². The summed E-state index contributed by atoms with van der Waals surface area (Å²) in [6.45, 7) is 0. The Labute approximate surface area is 80.1 Å². The van der Waals surface area contributed by atoms with Crippen molar-refractivity contribution in [2.24, 2.45) is 4.99 Å². The summed E-state index contributed by atoms with van der Waals surface area (Å²) < 4.78 is 5.57. The Morgan fingerprint density at radius 2 is 2.36 bits per heavy atom. The van der Waals surface area contributed by atoms with Gasteiger partial charge in [-0.15, -0.1) is 5.73 Å². The summed E-state index contributed by atoms with van der Waals surface area (Å²) in [4.78, 5) is 8.00. The quantitative estimate of drug-likeness (QED) is 0.586. The van der Waals surface area contributed by atoms with E-state index in [9.17, 15) is 0 Å². The number of fused-ring (bicyclic) bond motifs is 3. The summed E-state index contributed by atoms with van der Waals surface area (Å²) in [5.74, 6) is 0.759. The molecule has 0 spiro atoms. The van der Waals surface area contributed by atoms with Crippen LogP contribution in [0.3, 0.4) is 0 Å². The van der Waals surface area contributed by atoms with Crippen LogP contribution in [0.25, 0.3) is 17.0 Å². The van der Waals surface area contributed by atoms with Gasteiger partial charge in [0.25, 0.3) is 0 Å². The Bertz CT molecular complexity index is 586. The summed E-state index contributed by atoms with van der Waals surface area (Å²) in [6.07, 6.45) is 8.62. The number of pyridine rings is 1. The van der Waals surface area contributed by atoms with Crippen LogP contribution in [0.2, 0.25) is 0 Å². The molecule has 0 aromatic carbocycles. The maximum atomic E-state index is 5.57. The lowest BCUT2D eigenvalue weighted by molar-refractivity contribution is 0.605. The van der Waals surface area contributed by atoms with Crippen molar-refractivity contribution < 1.29 is 4.42 Å². The number of rotatable bonds is 0. The summed E-state index contributed by atoms with van der Waals surface area (Å²) in [5.41, 5.74) is 4.75. The van der Waals surface area contributed by atoms with Gasteiger partial charge >= 0.3 is 0 Å². The number of hydrogen-bond acceptors (Lipinski definition) is 3. The van der Waals surface area contributed by atoms with E-state index in [0.29, 0.717) is 0 Å². The largest absolute Gasteiger partial charge is 0.453 e. The third kappa shape index (κ3) is 0.934. The van der Waals surface area contributed by atoms with Crippen LogP contribution < -0.4 is 0 Å². The molecule has 2 aromatic rings. The van der Waals surface area contributed by atoms with Crippen molar-refractivity contribution in [1.82, 2.24) is 4.98 Å². The molecule has 0 radical (unpaired) electrons. The van der Waals surface area contributed by atoms with Crippen LogP contribution in [-0.2, 0) is 0 Å². The van der Waals surface area contributed by atoms with Crippen LogP contribution in [0.5, 0.6) is 0 Å². The topological polar surface area (TPSA) is 38.4 Å². The van der Waals surface area contributed by atoms with Crippen LogP contribution in [0, 0.1) is 0 Å². The highest BCUT2D eigenvalue weighted by Gasteiger charge is 2.10. The van der Waals surface area contributed by atoms with E-state index in [1.807, 2.05) is 12.1 Å². The highest BCUT2D eigenvalue weighted by atomic mass is 16.3. The molecule has 0 atom stereocenters. The molecule has 3 rings (SSSR count). The average molecular weight is 182 g/mol. The minimum atomic E-state index is 0.759. The summed E-state index contributed by atoms with van der Waals surface area (Å²) >= 11 is 0. The average Bonchev–Trinajstić information content (AvgIpc) is 2.42. The van der Waals surface area contributed by atoms with Gasteiger partial charge in [-0.25, -0.2) is 0 Å². The van der Waals surface area contributed by atoms with Gasteiger partial charge in [0, 0.05) is 17.1 Å². The Morgan fingerprint density at radius 1 is 1.36 bits per heavy atom. The van der Waals surface area contributed by atoms with E-state index < -0.39 is 0 Å². The van der Waals surface area contributed by atoms with Crippen LogP contribution in [0.15, 0.2) is 39.8 Å². The van der Waals surface area contributed by atoms with Gasteiger partial charge in [0.2, 0.25) is 0 Å². The second-order valence-corrected chi connectivity index (χ2v) is 2.97. The zero-order valence-electron chi connectivity index (χ0n) is 7.27. The van der Waals surface area contributed by atoms with Crippen molar-refractivity contribution in [3.8, 4) is 0 Å². The fourth-order valence-electron chi connectivity index (χ4n) is 1.50. The highest BCUT2D eigenvalue weighted by molar-refractivity contribution is 5.96. The summed E-state index contributed by atoms with van der Waals surface area (Å²) in [6, 6.07) is 1.93. The lowest BCUT2D eigenvalue weighted by Gasteiger charge is -1.86. The fraction of sp³-hybridized carbons (Fsp3) is 0. The first kappa shape index (κ1) is 7.30. The highest BCUT2D eigenvalue weighted by Crippen LogP contribution is 2.25. The van der Waals surface area contributed by atoms with Gasteiger partial charge in [-0.1, -0.05) is 0 Å².